The van der Waals surface area contributed by atoms with E-state index in [0.29, 0.717) is 60.2 Å². The summed E-state index contributed by atoms with van der Waals surface area (Å²) in [6, 6.07) is 12.6. The van der Waals surface area contributed by atoms with Crippen LogP contribution in [0.3, 0.4) is 0 Å². The van der Waals surface area contributed by atoms with Crippen molar-refractivity contribution >= 4 is 27.0 Å². The van der Waals surface area contributed by atoms with E-state index in [1.807, 2.05) is 42.2 Å². The molecule has 3 heterocycles. The van der Waals surface area contributed by atoms with Gasteiger partial charge in [-0.2, -0.15) is 4.31 Å². The summed E-state index contributed by atoms with van der Waals surface area (Å²) in [6.07, 6.45) is 4.18. The molecule has 186 valence electrons. The molecule has 0 radical (unpaired) electrons. The maximum atomic E-state index is 13.0. The smallest absolute Gasteiger partial charge is 0.253 e. The number of fused-ring (bicyclic) bond motifs is 1. The van der Waals surface area contributed by atoms with Gasteiger partial charge in [-0.1, -0.05) is 19.1 Å². The van der Waals surface area contributed by atoms with Crippen molar-refractivity contribution in [1.29, 1.82) is 0 Å². The first kappa shape index (κ1) is 24.0. The van der Waals surface area contributed by atoms with Crippen molar-refractivity contribution in [2.24, 2.45) is 0 Å². The highest BCUT2D eigenvalue weighted by atomic mass is 32.2. The molecule has 2 aromatic carbocycles. The summed E-state index contributed by atoms with van der Waals surface area (Å²) < 4.78 is 33.5. The second kappa shape index (κ2) is 10.1. The van der Waals surface area contributed by atoms with Crippen molar-refractivity contribution in [3.63, 3.8) is 0 Å². The topological polar surface area (TPSA) is 87.0 Å². The predicted molar refractivity (Wildman–Crippen MR) is 134 cm³/mol. The highest BCUT2D eigenvalue weighted by molar-refractivity contribution is 7.89. The minimum atomic E-state index is -3.49. The number of piperazine rings is 1. The van der Waals surface area contributed by atoms with Gasteiger partial charge < -0.3 is 9.32 Å². The normalized spacial score (nSPS) is 18.3. The monoisotopic (exact) mass is 496 g/mol. The van der Waals surface area contributed by atoms with Crippen molar-refractivity contribution in [3.05, 3.63) is 59.5 Å². The maximum Gasteiger partial charge on any atom is 0.253 e. The molecule has 8 nitrogen and oxygen atoms in total. The van der Waals surface area contributed by atoms with E-state index < -0.39 is 10.0 Å². The van der Waals surface area contributed by atoms with Crippen LogP contribution in [0, 0.1) is 0 Å². The van der Waals surface area contributed by atoms with Gasteiger partial charge in [-0.15, -0.1) is 0 Å². The summed E-state index contributed by atoms with van der Waals surface area (Å²) in [5.74, 6) is 0.631. The van der Waals surface area contributed by atoms with Gasteiger partial charge in [-0.3, -0.25) is 9.69 Å². The molecule has 2 aliphatic rings. The van der Waals surface area contributed by atoms with Crippen LogP contribution in [0.2, 0.25) is 0 Å². The third-order valence-electron chi connectivity index (χ3n) is 6.98. The number of nitrogens with zero attached hydrogens (tertiary/aromatic N) is 4. The number of oxazole rings is 1. The van der Waals surface area contributed by atoms with Gasteiger partial charge in [0.05, 0.1) is 11.4 Å². The van der Waals surface area contributed by atoms with Crippen molar-refractivity contribution in [2.45, 2.75) is 44.0 Å². The zero-order chi connectivity index (χ0) is 24.4. The van der Waals surface area contributed by atoms with Gasteiger partial charge in [-0.25, -0.2) is 13.4 Å². The van der Waals surface area contributed by atoms with Crippen molar-refractivity contribution in [3.8, 4) is 0 Å². The first-order valence-electron chi connectivity index (χ1n) is 12.4. The average molecular weight is 497 g/mol. The Kier molecular flexibility index (Phi) is 6.91. The zero-order valence-electron chi connectivity index (χ0n) is 20.1. The molecule has 0 spiro atoms. The van der Waals surface area contributed by atoms with Crippen LogP contribution in [-0.2, 0) is 23.0 Å². The zero-order valence-corrected chi connectivity index (χ0v) is 21.0. The van der Waals surface area contributed by atoms with Crippen LogP contribution in [0.15, 0.2) is 51.8 Å². The molecule has 1 amide bonds. The number of aryl methyl sites for hydroxylation is 1. The molecule has 3 aromatic rings. The number of carbonyl (C=O) groups excluding carboxylic acids is 1. The summed E-state index contributed by atoms with van der Waals surface area (Å²) in [5, 5.41) is 0. The molecule has 0 N–H and O–H groups in total. The molecular weight excluding hydrogens is 464 g/mol. The Balaban J connectivity index is 1.21. The first-order chi connectivity index (χ1) is 16.9. The summed E-state index contributed by atoms with van der Waals surface area (Å²) in [6.45, 7) is 6.22. The molecule has 0 atom stereocenters. The number of hydrogen-bond acceptors (Lipinski definition) is 6. The molecule has 0 unspecified atom stereocenters. The first-order valence-corrected chi connectivity index (χ1v) is 13.9. The summed E-state index contributed by atoms with van der Waals surface area (Å²) in [4.78, 5) is 21.8. The van der Waals surface area contributed by atoms with Gasteiger partial charge in [0.15, 0.2) is 5.58 Å². The highest BCUT2D eigenvalue weighted by Gasteiger charge is 2.29. The quantitative estimate of drug-likeness (QED) is 0.519. The SMILES string of the molecule is CCc1ccc(S(=O)(=O)N2CCN(Cc3nc4cc(C(=O)N5CCCCC5)ccc4o3)CC2)cc1. The molecule has 1 aromatic heterocycles. The molecule has 2 saturated heterocycles. The summed E-state index contributed by atoms with van der Waals surface area (Å²) in [7, 11) is -3.49. The summed E-state index contributed by atoms with van der Waals surface area (Å²) >= 11 is 0. The lowest BCUT2D eigenvalue weighted by atomic mass is 10.1. The van der Waals surface area contributed by atoms with Crippen LogP contribution in [-0.4, -0.2) is 72.7 Å². The Morgan fingerprint density at radius 1 is 0.943 bits per heavy atom. The average Bonchev–Trinajstić information content (AvgIpc) is 3.30. The van der Waals surface area contributed by atoms with E-state index in [9.17, 15) is 13.2 Å². The fourth-order valence-corrected chi connectivity index (χ4v) is 6.24. The minimum absolute atomic E-state index is 0.0535. The Bertz CT molecular complexity index is 1290. The van der Waals surface area contributed by atoms with E-state index in [2.05, 4.69) is 9.88 Å². The standard InChI is InChI=1S/C26H32N4O4S/c1-2-20-6-9-22(10-7-20)35(32,33)30-16-14-28(15-17-30)19-25-27-23-18-21(8-11-24(23)34-25)26(31)29-12-4-3-5-13-29/h6-11,18H,2-5,12-17,19H2,1H3. The van der Waals surface area contributed by atoms with Gasteiger partial charge >= 0.3 is 0 Å². The van der Waals surface area contributed by atoms with E-state index in [0.717, 1.165) is 37.9 Å². The molecule has 5 rings (SSSR count). The maximum absolute atomic E-state index is 13.0. The Hall–Kier alpha value is -2.75. The van der Waals surface area contributed by atoms with E-state index in [1.165, 1.54) is 6.42 Å². The van der Waals surface area contributed by atoms with E-state index >= 15 is 0 Å². The molecule has 0 aliphatic carbocycles. The fourth-order valence-electron chi connectivity index (χ4n) is 4.82. The Morgan fingerprint density at radius 2 is 1.66 bits per heavy atom. The van der Waals surface area contributed by atoms with Crippen molar-refractivity contribution in [1.82, 2.24) is 19.1 Å². The van der Waals surface area contributed by atoms with Crippen LogP contribution < -0.4 is 0 Å². The summed E-state index contributed by atoms with van der Waals surface area (Å²) in [5.41, 5.74) is 3.10. The lowest BCUT2D eigenvalue weighted by molar-refractivity contribution is 0.0724. The number of amides is 1. The lowest BCUT2D eigenvalue weighted by Crippen LogP contribution is -2.48. The molecule has 2 fully saturated rings. The van der Waals surface area contributed by atoms with Gasteiger partial charge in [0.2, 0.25) is 15.9 Å². The van der Waals surface area contributed by atoms with Crippen LogP contribution >= 0.6 is 0 Å². The van der Waals surface area contributed by atoms with E-state index in [1.54, 1.807) is 16.4 Å². The third kappa shape index (κ3) is 5.12. The molecule has 0 bridgehead atoms. The van der Waals surface area contributed by atoms with Crippen LogP contribution in [0.4, 0.5) is 0 Å². The van der Waals surface area contributed by atoms with Crippen LogP contribution in [0.25, 0.3) is 11.1 Å². The van der Waals surface area contributed by atoms with E-state index in [4.69, 9.17) is 4.42 Å². The number of piperidine rings is 1. The number of rotatable bonds is 6. The number of carbonyl (C=O) groups is 1. The highest BCUT2D eigenvalue weighted by Crippen LogP contribution is 2.22. The molecule has 35 heavy (non-hydrogen) atoms. The van der Waals surface area contributed by atoms with Gasteiger partial charge in [0, 0.05) is 44.8 Å². The number of likely N-dealkylation sites (tertiary alicyclic amines) is 1. The van der Waals surface area contributed by atoms with Gasteiger partial charge in [-0.05, 0) is 61.6 Å². The Morgan fingerprint density at radius 3 is 2.34 bits per heavy atom. The van der Waals surface area contributed by atoms with Gasteiger partial charge in [0.25, 0.3) is 5.91 Å². The van der Waals surface area contributed by atoms with Crippen molar-refractivity contribution < 1.29 is 17.6 Å². The largest absolute Gasteiger partial charge is 0.439 e. The fraction of sp³-hybridized carbons (Fsp3) is 0.462. The number of aromatic nitrogens is 1. The molecule has 2 aliphatic heterocycles. The number of sulfonamides is 1. The third-order valence-corrected chi connectivity index (χ3v) is 8.89. The number of benzene rings is 2. The Labute approximate surface area is 206 Å². The second-order valence-corrected chi connectivity index (χ2v) is 11.3. The minimum Gasteiger partial charge on any atom is -0.439 e. The van der Waals surface area contributed by atoms with Crippen LogP contribution in [0.5, 0.6) is 0 Å². The predicted octanol–water partition coefficient (Wildman–Crippen LogP) is 3.52. The van der Waals surface area contributed by atoms with E-state index in [-0.39, 0.29) is 5.91 Å². The second-order valence-electron chi connectivity index (χ2n) is 9.32. The van der Waals surface area contributed by atoms with Crippen molar-refractivity contribution in [2.75, 3.05) is 39.3 Å². The molecular formula is C26H32N4O4S. The molecule has 0 saturated carbocycles. The van der Waals surface area contributed by atoms with Gasteiger partial charge in [0.1, 0.15) is 5.52 Å². The lowest BCUT2D eigenvalue weighted by Gasteiger charge is -2.33. The number of hydrogen-bond donors (Lipinski definition) is 0. The molecule has 9 heteroatoms. The van der Waals surface area contributed by atoms with Crippen LogP contribution in [0.1, 0.15) is 48.0 Å².